The summed E-state index contributed by atoms with van der Waals surface area (Å²) in [5.74, 6) is -0.484. The summed E-state index contributed by atoms with van der Waals surface area (Å²) in [6.45, 7) is 7.36. The molecule has 2 rings (SSSR count). The van der Waals surface area contributed by atoms with Gasteiger partial charge >= 0.3 is 11.8 Å². The number of rotatable bonds is 7. The molecule has 0 unspecified atom stereocenters. The van der Waals surface area contributed by atoms with Crippen LogP contribution in [0.15, 0.2) is 24.3 Å². The minimum absolute atomic E-state index is 0.335. The van der Waals surface area contributed by atoms with E-state index in [1.165, 1.54) is 0 Å². The number of nitrogens with one attached hydrogen (secondary N) is 2. The number of nitrogens with zero attached hydrogens (tertiary/aromatic N) is 1. The van der Waals surface area contributed by atoms with Gasteiger partial charge in [-0.1, -0.05) is 13.8 Å². The summed E-state index contributed by atoms with van der Waals surface area (Å²) in [5.41, 5.74) is 0.579. The molecule has 1 aromatic rings. The van der Waals surface area contributed by atoms with Crippen LogP contribution in [0.3, 0.4) is 0 Å². The zero-order chi connectivity index (χ0) is 17.4. The molecule has 2 N–H and O–H groups in total. The largest absolute Gasteiger partial charge is 0.494 e. The Hall–Kier alpha value is -2.08. The van der Waals surface area contributed by atoms with Crippen LogP contribution in [0.5, 0.6) is 5.75 Å². The van der Waals surface area contributed by atoms with Crippen LogP contribution < -0.4 is 15.4 Å². The van der Waals surface area contributed by atoms with E-state index in [0.717, 1.165) is 38.1 Å². The van der Waals surface area contributed by atoms with Crippen molar-refractivity contribution in [3.63, 3.8) is 0 Å². The lowest BCUT2D eigenvalue weighted by Crippen LogP contribution is -2.43. The molecule has 6 nitrogen and oxygen atoms in total. The van der Waals surface area contributed by atoms with E-state index >= 15 is 0 Å². The number of hydrogen-bond acceptors (Lipinski definition) is 4. The maximum Gasteiger partial charge on any atom is 0.313 e. The van der Waals surface area contributed by atoms with E-state index < -0.39 is 11.8 Å². The molecule has 6 heteroatoms. The van der Waals surface area contributed by atoms with E-state index in [4.69, 9.17) is 4.74 Å². The fourth-order valence-electron chi connectivity index (χ4n) is 2.88. The van der Waals surface area contributed by atoms with Gasteiger partial charge in [0, 0.05) is 18.3 Å². The molecule has 1 saturated heterocycles. The van der Waals surface area contributed by atoms with Crippen molar-refractivity contribution < 1.29 is 14.3 Å². The normalized spacial score (nSPS) is 17.5. The minimum Gasteiger partial charge on any atom is -0.494 e. The van der Waals surface area contributed by atoms with Crippen LogP contribution in [-0.2, 0) is 9.59 Å². The van der Waals surface area contributed by atoms with Gasteiger partial charge in [0.05, 0.1) is 6.61 Å². The topological polar surface area (TPSA) is 70.7 Å². The van der Waals surface area contributed by atoms with Crippen molar-refractivity contribution in [2.45, 2.75) is 39.2 Å². The molecule has 0 bridgehead atoms. The van der Waals surface area contributed by atoms with Gasteiger partial charge < -0.3 is 15.4 Å². The number of amides is 2. The summed E-state index contributed by atoms with van der Waals surface area (Å²) in [7, 11) is 0. The van der Waals surface area contributed by atoms with E-state index in [1.54, 1.807) is 24.3 Å². The Kier molecular flexibility index (Phi) is 7.06. The molecule has 1 atom stereocenters. The van der Waals surface area contributed by atoms with E-state index in [1.807, 2.05) is 6.92 Å². The van der Waals surface area contributed by atoms with Gasteiger partial charge in [0.1, 0.15) is 5.75 Å². The van der Waals surface area contributed by atoms with Crippen LogP contribution in [0.25, 0.3) is 0 Å². The Morgan fingerprint density at radius 2 is 1.96 bits per heavy atom. The predicted molar refractivity (Wildman–Crippen MR) is 94.1 cm³/mol. The third-order valence-electron chi connectivity index (χ3n) is 4.19. The first-order chi connectivity index (χ1) is 11.6. The van der Waals surface area contributed by atoms with Crippen molar-refractivity contribution in [2.75, 3.05) is 31.6 Å². The monoisotopic (exact) mass is 333 g/mol. The summed E-state index contributed by atoms with van der Waals surface area (Å²) in [6, 6.07) is 7.35. The minimum atomic E-state index is -0.640. The number of hydrogen-bond donors (Lipinski definition) is 2. The molecule has 0 aliphatic carbocycles. The number of anilines is 1. The second-order valence-electron chi connectivity index (χ2n) is 5.96. The average Bonchev–Trinajstić information content (AvgIpc) is 3.06. The first-order valence-electron chi connectivity index (χ1n) is 8.70. The quantitative estimate of drug-likeness (QED) is 0.749. The number of ether oxygens (including phenoxy) is 1. The van der Waals surface area contributed by atoms with Gasteiger partial charge in [-0.25, -0.2) is 0 Å². The van der Waals surface area contributed by atoms with Crippen molar-refractivity contribution in [2.24, 2.45) is 0 Å². The molecule has 0 radical (unpaired) electrons. The number of likely N-dealkylation sites (tertiary alicyclic amines) is 1. The van der Waals surface area contributed by atoms with Crippen molar-refractivity contribution in [1.82, 2.24) is 10.2 Å². The lowest BCUT2D eigenvalue weighted by Gasteiger charge is -2.22. The summed E-state index contributed by atoms with van der Waals surface area (Å²) in [4.78, 5) is 26.2. The van der Waals surface area contributed by atoms with Crippen molar-refractivity contribution in [3.8, 4) is 5.75 Å². The third kappa shape index (κ3) is 5.23. The van der Waals surface area contributed by atoms with Gasteiger partial charge in [-0.15, -0.1) is 0 Å². The van der Waals surface area contributed by atoms with Crippen LogP contribution in [0.1, 0.15) is 33.1 Å². The highest BCUT2D eigenvalue weighted by molar-refractivity contribution is 6.39. The summed E-state index contributed by atoms with van der Waals surface area (Å²) in [6.07, 6.45) is 3.15. The van der Waals surface area contributed by atoms with Crippen molar-refractivity contribution in [3.05, 3.63) is 24.3 Å². The molecule has 1 heterocycles. The Balaban J connectivity index is 1.77. The van der Waals surface area contributed by atoms with Gasteiger partial charge in [-0.3, -0.25) is 14.5 Å². The summed E-state index contributed by atoms with van der Waals surface area (Å²) < 4.78 is 5.48. The maximum atomic E-state index is 12.0. The van der Waals surface area contributed by atoms with Crippen LogP contribution in [0.4, 0.5) is 5.69 Å². The standard InChI is InChI=1S/C18H27N3O3/c1-3-12-24-16-9-7-14(8-10-16)20-18(23)17(22)19-13-15-6-5-11-21(15)4-2/h7-10,15H,3-6,11-13H2,1-2H3,(H,19,22)(H,20,23)/t15-/m0/s1. The summed E-state index contributed by atoms with van der Waals surface area (Å²) >= 11 is 0. The van der Waals surface area contributed by atoms with Crippen LogP contribution in [0, 0.1) is 0 Å². The lowest BCUT2D eigenvalue weighted by molar-refractivity contribution is -0.136. The van der Waals surface area contributed by atoms with E-state index in [9.17, 15) is 9.59 Å². The molecule has 1 aromatic carbocycles. The Morgan fingerprint density at radius 3 is 2.62 bits per heavy atom. The molecule has 1 aliphatic rings. The Labute approximate surface area is 143 Å². The zero-order valence-electron chi connectivity index (χ0n) is 14.5. The Morgan fingerprint density at radius 1 is 1.21 bits per heavy atom. The Bertz CT molecular complexity index is 545. The summed E-state index contributed by atoms with van der Waals surface area (Å²) in [5, 5.41) is 5.34. The van der Waals surface area contributed by atoms with Crippen LogP contribution in [0.2, 0.25) is 0 Å². The van der Waals surface area contributed by atoms with Gasteiger partial charge in [0.15, 0.2) is 0 Å². The predicted octanol–water partition coefficient (Wildman–Crippen LogP) is 2.01. The van der Waals surface area contributed by atoms with Crippen LogP contribution >= 0.6 is 0 Å². The molecule has 0 aromatic heterocycles. The van der Waals surface area contributed by atoms with E-state index in [-0.39, 0.29) is 0 Å². The highest BCUT2D eigenvalue weighted by Gasteiger charge is 2.24. The number of likely N-dealkylation sites (N-methyl/N-ethyl adjacent to an activating group) is 1. The molecular weight excluding hydrogens is 306 g/mol. The maximum absolute atomic E-state index is 12.0. The molecule has 0 spiro atoms. The van der Waals surface area contributed by atoms with Crippen molar-refractivity contribution in [1.29, 1.82) is 0 Å². The number of benzene rings is 1. The third-order valence-corrected chi connectivity index (χ3v) is 4.19. The fourth-order valence-corrected chi connectivity index (χ4v) is 2.88. The molecule has 24 heavy (non-hydrogen) atoms. The number of carbonyl (C=O) groups excluding carboxylic acids is 2. The molecule has 2 amide bonds. The lowest BCUT2D eigenvalue weighted by atomic mass is 10.2. The smallest absolute Gasteiger partial charge is 0.313 e. The molecule has 1 aliphatic heterocycles. The molecule has 0 saturated carbocycles. The highest BCUT2D eigenvalue weighted by atomic mass is 16.5. The average molecular weight is 333 g/mol. The first-order valence-corrected chi connectivity index (χ1v) is 8.70. The second-order valence-corrected chi connectivity index (χ2v) is 5.96. The fraction of sp³-hybridized carbons (Fsp3) is 0.556. The SMILES string of the molecule is CCCOc1ccc(NC(=O)C(=O)NC[C@@H]2CCCN2CC)cc1. The van der Waals surface area contributed by atoms with Gasteiger partial charge in [0.25, 0.3) is 0 Å². The van der Waals surface area contributed by atoms with E-state index in [0.29, 0.717) is 24.9 Å². The molecule has 1 fully saturated rings. The van der Waals surface area contributed by atoms with Crippen LogP contribution in [-0.4, -0.2) is 49.0 Å². The van der Waals surface area contributed by atoms with E-state index in [2.05, 4.69) is 22.5 Å². The second kappa shape index (κ2) is 9.27. The van der Waals surface area contributed by atoms with Crippen molar-refractivity contribution >= 4 is 17.5 Å². The number of carbonyl (C=O) groups is 2. The highest BCUT2D eigenvalue weighted by Crippen LogP contribution is 2.16. The molecular formula is C18H27N3O3. The van der Waals surface area contributed by atoms with Gasteiger partial charge in [-0.05, 0) is 56.6 Å². The van der Waals surface area contributed by atoms with Gasteiger partial charge in [-0.2, -0.15) is 0 Å². The first kappa shape index (κ1) is 18.3. The van der Waals surface area contributed by atoms with Gasteiger partial charge in [0.2, 0.25) is 0 Å². The zero-order valence-corrected chi connectivity index (χ0v) is 14.5. The molecule has 132 valence electrons.